The molecule has 0 saturated carbocycles. The van der Waals surface area contributed by atoms with Crippen LogP contribution in [0.5, 0.6) is 0 Å². The summed E-state index contributed by atoms with van der Waals surface area (Å²) in [5.74, 6) is 0. The fraction of sp³-hybridized carbons (Fsp3) is 0.263. The zero-order valence-corrected chi connectivity index (χ0v) is 12.0. The van der Waals surface area contributed by atoms with E-state index in [1.54, 1.807) is 5.57 Å². The minimum Gasteiger partial charge on any atom is -0.0655 e. The summed E-state index contributed by atoms with van der Waals surface area (Å²) >= 11 is 0. The van der Waals surface area contributed by atoms with Gasteiger partial charge in [0.2, 0.25) is 0 Å². The first-order chi connectivity index (χ1) is 9.19. The van der Waals surface area contributed by atoms with Crippen molar-refractivity contribution in [3.63, 3.8) is 0 Å². The maximum atomic E-state index is 2.39. The van der Waals surface area contributed by atoms with Crippen LogP contribution in [0.25, 0.3) is 17.2 Å². The summed E-state index contributed by atoms with van der Waals surface area (Å²) < 4.78 is 0. The molecule has 0 fully saturated rings. The van der Waals surface area contributed by atoms with E-state index in [-0.39, 0.29) is 0 Å². The van der Waals surface area contributed by atoms with Gasteiger partial charge in [-0.15, -0.1) is 0 Å². The number of hydrogen-bond donors (Lipinski definition) is 0. The van der Waals surface area contributed by atoms with E-state index in [1.165, 1.54) is 33.4 Å². The molecule has 1 aliphatic rings. The molecule has 0 saturated heterocycles. The molecule has 3 rings (SSSR count). The van der Waals surface area contributed by atoms with E-state index in [1.807, 2.05) is 0 Å². The average molecular weight is 248 g/mol. The van der Waals surface area contributed by atoms with Crippen molar-refractivity contribution in [3.8, 4) is 11.1 Å². The standard InChI is InChI=1S/C19H20/c1-4-15-11-16-6-5-7-18(19(16)12-15)17-9-8-13(2)14(3)10-17/h5-10,12H,4,11H2,1-3H3. The van der Waals surface area contributed by atoms with Gasteiger partial charge in [0.15, 0.2) is 0 Å². The molecule has 0 heteroatoms. The topological polar surface area (TPSA) is 0 Å². The molecule has 0 N–H and O–H groups in total. The first-order valence-electron chi connectivity index (χ1n) is 7.08. The Morgan fingerprint density at radius 3 is 2.58 bits per heavy atom. The average Bonchev–Trinajstić information content (AvgIpc) is 2.85. The third-order valence-electron chi connectivity index (χ3n) is 4.23. The molecule has 0 amide bonds. The van der Waals surface area contributed by atoms with Gasteiger partial charge in [-0.1, -0.05) is 55.0 Å². The molecule has 0 bridgehead atoms. The summed E-state index contributed by atoms with van der Waals surface area (Å²) in [6, 6.07) is 13.5. The Hall–Kier alpha value is -1.82. The van der Waals surface area contributed by atoms with E-state index in [9.17, 15) is 0 Å². The van der Waals surface area contributed by atoms with Crippen LogP contribution in [0.3, 0.4) is 0 Å². The number of rotatable bonds is 2. The Kier molecular flexibility index (Phi) is 3.02. The first kappa shape index (κ1) is 12.2. The molecule has 96 valence electrons. The fourth-order valence-electron chi connectivity index (χ4n) is 2.83. The summed E-state index contributed by atoms with van der Waals surface area (Å²) in [4.78, 5) is 0. The lowest BCUT2D eigenvalue weighted by atomic mass is 9.95. The number of hydrogen-bond acceptors (Lipinski definition) is 0. The molecular formula is C19H20. The molecule has 0 aliphatic heterocycles. The molecule has 0 unspecified atom stereocenters. The highest BCUT2D eigenvalue weighted by atomic mass is 14.2. The highest BCUT2D eigenvalue weighted by molar-refractivity contribution is 5.81. The van der Waals surface area contributed by atoms with Gasteiger partial charge in [-0.2, -0.15) is 0 Å². The second kappa shape index (κ2) is 4.70. The third-order valence-corrected chi connectivity index (χ3v) is 4.23. The third kappa shape index (κ3) is 2.12. The van der Waals surface area contributed by atoms with Gasteiger partial charge in [0, 0.05) is 0 Å². The smallest absolute Gasteiger partial charge is 0.00577 e. The summed E-state index contributed by atoms with van der Waals surface area (Å²) in [6.07, 6.45) is 4.67. The maximum Gasteiger partial charge on any atom is -0.00577 e. The van der Waals surface area contributed by atoms with Crippen LogP contribution in [0.2, 0.25) is 0 Å². The lowest BCUT2D eigenvalue weighted by Crippen LogP contribution is -1.89. The highest BCUT2D eigenvalue weighted by Crippen LogP contribution is 2.35. The Balaban J connectivity index is 2.14. The van der Waals surface area contributed by atoms with Crippen LogP contribution < -0.4 is 0 Å². The summed E-state index contributed by atoms with van der Waals surface area (Å²) in [6.45, 7) is 6.60. The van der Waals surface area contributed by atoms with Crippen LogP contribution in [-0.2, 0) is 6.42 Å². The van der Waals surface area contributed by atoms with Crippen molar-refractivity contribution in [1.29, 1.82) is 0 Å². The van der Waals surface area contributed by atoms with Gasteiger partial charge in [0.05, 0.1) is 0 Å². The van der Waals surface area contributed by atoms with Crippen molar-refractivity contribution in [2.45, 2.75) is 33.6 Å². The molecule has 0 radical (unpaired) electrons. The normalized spacial score (nSPS) is 13.3. The van der Waals surface area contributed by atoms with Gasteiger partial charge in [-0.05, 0) is 60.1 Å². The molecule has 0 aromatic heterocycles. The van der Waals surface area contributed by atoms with E-state index < -0.39 is 0 Å². The number of benzene rings is 2. The van der Waals surface area contributed by atoms with Crippen LogP contribution in [-0.4, -0.2) is 0 Å². The van der Waals surface area contributed by atoms with Crippen molar-refractivity contribution in [2.24, 2.45) is 0 Å². The summed E-state index contributed by atoms with van der Waals surface area (Å²) in [7, 11) is 0. The maximum absolute atomic E-state index is 2.39. The summed E-state index contributed by atoms with van der Waals surface area (Å²) in [5, 5.41) is 0. The Labute approximate surface area is 115 Å². The minimum absolute atomic E-state index is 1.13. The van der Waals surface area contributed by atoms with Crippen molar-refractivity contribution >= 4 is 6.08 Å². The van der Waals surface area contributed by atoms with Crippen molar-refractivity contribution in [3.05, 3.63) is 64.2 Å². The molecule has 0 atom stereocenters. The number of fused-ring (bicyclic) bond motifs is 1. The highest BCUT2D eigenvalue weighted by Gasteiger charge is 2.15. The molecule has 0 spiro atoms. The van der Waals surface area contributed by atoms with Crippen LogP contribution in [0.4, 0.5) is 0 Å². The lowest BCUT2D eigenvalue weighted by Gasteiger charge is -2.10. The van der Waals surface area contributed by atoms with E-state index in [0.717, 1.165) is 12.8 Å². The van der Waals surface area contributed by atoms with Crippen LogP contribution in [0.15, 0.2) is 42.0 Å². The Bertz CT molecular complexity index is 660. The van der Waals surface area contributed by atoms with Gasteiger partial charge in [-0.3, -0.25) is 0 Å². The van der Waals surface area contributed by atoms with Crippen molar-refractivity contribution in [2.75, 3.05) is 0 Å². The van der Waals surface area contributed by atoms with Crippen molar-refractivity contribution < 1.29 is 0 Å². The number of aryl methyl sites for hydroxylation is 2. The van der Waals surface area contributed by atoms with E-state index in [0.29, 0.717) is 0 Å². The number of allylic oxidation sites excluding steroid dienone is 1. The predicted molar refractivity (Wildman–Crippen MR) is 83.3 cm³/mol. The predicted octanol–water partition coefficient (Wildman–Crippen LogP) is 5.32. The Morgan fingerprint density at radius 1 is 1.00 bits per heavy atom. The summed E-state index contributed by atoms with van der Waals surface area (Å²) in [5.41, 5.74) is 9.91. The van der Waals surface area contributed by atoms with Gasteiger partial charge in [0.25, 0.3) is 0 Å². The van der Waals surface area contributed by atoms with E-state index in [4.69, 9.17) is 0 Å². The zero-order valence-electron chi connectivity index (χ0n) is 12.0. The van der Waals surface area contributed by atoms with Crippen LogP contribution >= 0.6 is 0 Å². The lowest BCUT2D eigenvalue weighted by molar-refractivity contribution is 1.04. The molecule has 1 aliphatic carbocycles. The molecule has 2 aromatic rings. The second-order valence-electron chi connectivity index (χ2n) is 5.51. The molecule has 2 aromatic carbocycles. The van der Waals surface area contributed by atoms with Crippen LogP contribution in [0, 0.1) is 13.8 Å². The van der Waals surface area contributed by atoms with Crippen molar-refractivity contribution in [1.82, 2.24) is 0 Å². The second-order valence-corrected chi connectivity index (χ2v) is 5.51. The van der Waals surface area contributed by atoms with Gasteiger partial charge in [-0.25, -0.2) is 0 Å². The zero-order chi connectivity index (χ0) is 13.4. The van der Waals surface area contributed by atoms with Gasteiger partial charge >= 0.3 is 0 Å². The molecule has 0 heterocycles. The van der Waals surface area contributed by atoms with Gasteiger partial charge in [0.1, 0.15) is 0 Å². The van der Waals surface area contributed by atoms with E-state index in [2.05, 4.69) is 63.2 Å². The Morgan fingerprint density at radius 2 is 1.84 bits per heavy atom. The largest absolute Gasteiger partial charge is 0.0655 e. The fourth-order valence-corrected chi connectivity index (χ4v) is 2.83. The SMILES string of the molecule is CCC1=Cc2c(cccc2-c2ccc(C)c(C)c2)C1. The van der Waals surface area contributed by atoms with Crippen LogP contribution in [0.1, 0.15) is 35.6 Å². The van der Waals surface area contributed by atoms with Gasteiger partial charge < -0.3 is 0 Å². The molecule has 0 nitrogen and oxygen atoms in total. The molecular weight excluding hydrogens is 228 g/mol. The quantitative estimate of drug-likeness (QED) is 0.674. The minimum atomic E-state index is 1.13. The first-order valence-corrected chi connectivity index (χ1v) is 7.08. The monoisotopic (exact) mass is 248 g/mol. The van der Waals surface area contributed by atoms with E-state index >= 15 is 0 Å². The molecule has 19 heavy (non-hydrogen) atoms.